The van der Waals surface area contributed by atoms with E-state index in [1.54, 1.807) is 0 Å². The zero-order chi connectivity index (χ0) is 7.14. The highest BCUT2D eigenvalue weighted by Crippen LogP contribution is 2.30. The molecule has 4 nitrogen and oxygen atoms in total. The van der Waals surface area contributed by atoms with Gasteiger partial charge in [-0.3, -0.25) is 0 Å². The van der Waals surface area contributed by atoms with Crippen molar-refractivity contribution in [2.24, 2.45) is 0 Å². The van der Waals surface area contributed by atoms with Crippen molar-refractivity contribution in [2.45, 2.75) is 24.4 Å². The Labute approximate surface area is 58.4 Å². The molecule has 4 unspecified atom stereocenters. The monoisotopic (exact) mass is 146 g/mol. The van der Waals surface area contributed by atoms with E-state index in [1.165, 1.54) is 0 Å². The summed E-state index contributed by atoms with van der Waals surface area (Å²) >= 11 is 0. The van der Waals surface area contributed by atoms with Crippen LogP contribution in [0.1, 0.15) is 0 Å². The van der Waals surface area contributed by atoms with Crippen molar-refractivity contribution < 1.29 is 19.7 Å². The fourth-order valence-corrected chi connectivity index (χ4v) is 1.07. The minimum atomic E-state index is -0.530. The summed E-state index contributed by atoms with van der Waals surface area (Å²) in [5, 5.41) is 17.8. The van der Waals surface area contributed by atoms with E-state index in [2.05, 4.69) is 0 Å². The Bertz CT molecular complexity index is 134. The van der Waals surface area contributed by atoms with E-state index in [0.29, 0.717) is 6.61 Å². The lowest BCUT2D eigenvalue weighted by atomic mass is 10.1. The van der Waals surface area contributed by atoms with E-state index < -0.39 is 6.10 Å². The SMILES string of the molecule is OCC1OC1C(O)C1CO1. The Morgan fingerprint density at radius 1 is 1.60 bits per heavy atom. The minimum absolute atomic E-state index is 0.00551. The van der Waals surface area contributed by atoms with Crippen LogP contribution in [0.15, 0.2) is 0 Å². The van der Waals surface area contributed by atoms with Crippen molar-refractivity contribution in [1.29, 1.82) is 0 Å². The van der Waals surface area contributed by atoms with Gasteiger partial charge >= 0.3 is 0 Å². The summed E-state index contributed by atoms with van der Waals surface area (Å²) in [6, 6.07) is 0. The van der Waals surface area contributed by atoms with Gasteiger partial charge in [0.1, 0.15) is 24.4 Å². The maximum absolute atomic E-state index is 9.27. The summed E-state index contributed by atoms with van der Waals surface area (Å²) < 4.78 is 9.80. The van der Waals surface area contributed by atoms with Crippen LogP contribution in [0.5, 0.6) is 0 Å². The minimum Gasteiger partial charge on any atom is -0.394 e. The first kappa shape index (κ1) is 6.54. The molecule has 2 N–H and O–H groups in total. The predicted molar refractivity (Wildman–Crippen MR) is 31.5 cm³/mol. The molecule has 0 radical (unpaired) electrons. The highest BCUT2D eigenvalue weighted by Gasteiger charge is 2.50. The van der Waals surface area contributed by atoms with Crippen LogP contribution >= 0.6 is 0 Å². The molecule has 0 saturated carbocycles. The van der Waals surface area contributed by atoms with E-state index >= 15 is 0 Å². The molecule has 10 heavy (non-hydrogen) atoms. The quantitative estimate of drug-likeness (QED) is 0.476. The summed E-state index contributed by atoms with van der Waals surface area (Å²) in [4.78, 5) is 0. The molecular weight excluding hydrogens is 136 g/mol. The van der Waals surface area contributed by atoms with Gasteiger partial charge in [-0.2, -0.15) is 0 Å². The second-order valence-corrected chi connectivity index (χ2v) is 2.68. The average molecular weight is 146 g/mol. The molecule has 2 aliphatic rings. The Kier molecular flexibility index (Phi) is 1.42. The van der Waals surface area contributed by atoms with Gasteiger partial charge in [0, 0.05) is 0 Å². The first-order chi connectivity index (χ1) is 4.83. The fourth-order valence-electron chi connectivity index (χ4n) is 1.07. The van der Waals surface area contributed by atoms with Crippen LogP contribution in [0.25, 0.3) is 0 Å². The van der Waals surface area contributed by atoms with Crippen molar-refractivity contribution in [2.75, 3.05) is 13.2 Å². The summed E-state index contributed by atoms with van der Waals surface area (Å²) in [5.74, 6) is 0. The van der Waals surface area contributed by atoms with Gasteiger partial charge < -0.3 is 19.7 Å². The molecule has 0 aromatic heterocycles. The zero-order valence-corrected chi connectivity index (χ0v) is 5.43. The van der Waals surface area contributed by atoms with Gasteiger partial charge in [-0.1, -0.05) is 0 Å². The topological polar surface area (TPSA) is 65.5 Å². The second-order valence-electron chi connectivity index (χ2n) is 2.68. The summed E-state index contributed by atoms with van der Waals surface area (Å²) in [7, 11) is 0. The third-order valence-corrected chi connectivity index (χ3v) is 1.88. The molecule has 4 heteroatoms. The highest BCUT2D eigenvalue weighted by molar-refractivity contribution is 4.96. The molecule has 0 amide bonds. The number of rotatable bonds is 3. The van der Waals surface area contributed by atoms with Gasteiger partial charge in [-0.25, -0.2) is 0 Å². The highest BCUT2D eigenvalue weighted by atomic mass is 16.6. The maximum Gasteiger partial charge on any atom is 0.115 e. The van der Waals surface area contributed by atoms with Gasteiger partial charge in [0.05, 0.1) is 13.2 Å². The predicted octanol–water partition coefficient (Wildman–Crippen LogP) is -1.49. The first-order valence-electron chi connectivity index (χ1n) is 3.39. The summed E-state index contributed by atoms with van der Waals surface area (Å²) in [6.45, 7) is 0.619. The Balaban J connectivity index is 1.78. The Morgan fingerprint density at radius 2 is 2.30 bits per heavy atom. The van der Waals surface area contributed by atoms with Gasteiger partial charge in [-0.05, 0) is 0 Å². The third kappa shape index (κ3) is 1.03. The zero-order valence-electron chi connectivity index (χ0n) is 5.43. The Hall–Kier alpha value is -0.160. The van der Waals surface area contributed by atoms with Crippen LogP contribution in [-0.2, 0) is 9.47 Å². The van der Waals surface area contributed by atoms with Crippen molar-refractivity contribution in [3.63, 3.8) is 0 Å². The molecule has 0 aromatic carbocycles. The van der Waals surface area contributed by atoms with Gasteiger partial charge in [0.25, 0.3) is 0 Å². The van der Waals surface area contributed by atoms with Gasteiger partial charge in [-0.15, -0.1) is 0 Å². The van der Waals surface area contributed by atoms with Gasteiger partial charge in [0.2, 0.25) is 0 Å². The molecular formula is C6H10O4. The van der Waals surface area contributed by atoms with Gasteiger partial charge in [0.15, 0.2) is 0 Å². The van der Waals surface area contributed by atoms with Crippen molar-refractivity contribution in [3.8, 4) is 0 Å². The van der Waals surface area contributed by atoms with Crippen molar-refractivity contribution >= 4 is 0 Å². The molecule has 2 fully saturated rings. The second kappa shape index (κ2) is 2.17. The average Bonchev–Trinajstić information content (AvgIpc) is 2.83. The molecule has 0 aromatic rings. The molecule has 2 saturated heterocycles. The molecule has 0 aliphatic carbocycles. The molecule has 2 heterocycles. The lowest BCUT2D eigenvalue weighted by Gasteiger charge is -1.99. The smallest absolute Gasteiger partial charge is 0.115 e. The van der Waals surface area contributed by atoms with Crippen LogP contribution in [0.2, 0.25) is 0 Å². The van der Waals surface area contributed by atoms with E-state index in [0.717, 1.165) is 0 Å². The van der Waals surface area contributed by atoms with E-state index in [9.17, 15) is 5.11 Å². The van der Waals surface area contributed by atoms with Crippen molar-refractivity contribution in [3.05, 3.63) is 0 Å². The lowest BCUT2D eigenvalue weighted by Crippen LogP contribution is -2.24. The van der Waals surface area contributed by atoms with Crippen LogP contribution in [0, 0.1) is 0 Å². The number of epoxide rings is 2. The number of aliphatic hydroxyl groups is 2. The van der Waals surface area contributed by atoms with Crippen LogP contribution in [-0.4, -0.2) is 47.8 Å². The molecule has 2 aliphatic heterocycles. The molecule has 2 rings (SSSR count). The van der Waals surface area contributed by atoms with E-state index in [4.69, 9.17) is 14.6 Å². The lowest BCUT2D eigenvalue weighted by molar-refractivity contribution is 0.103. The van der Waals surface area contributed by atoms with Crippen molar-refractivity contribution in [1.82, 2.24) is 0 Å². The normalized spacial score (nSPS) is 46.8. The van der Waals surface area contributed by atoms with E-state index in [1.807, 2.05) is 0 Å². The Morgan fingerprint density at radius 3 is 2.70 bits per heavy atom. The standard InChI is InChI=1S/C6H10O4/c7-1-3-6(10-3)5(8)4-2-9-4/h3-8H,1-2H2. The maximum atomic E-state index is 9.27. The first-order valence-corrected chi connectivity index (χ1v) is 3.39. The molecule has 0 spiro atoms. The number of hydrogen-bond donors (Lipinski definition) is 2. The summed E-state index contributed by atoms with van der Waals surface area (Å²) in [6.07, 6.45) is -0.907. The molecule has 0 bridgehead atoms. The fraction of sp³-hybridized carbons (Fsp3) is 1.00. The largest absolute Gasteiger partial charge is 0.394 e. The van der Waals surface area contributed by atoms with E-state index in [-0.39, 0.29) is 24.9 Å². The van der Waals surface area contributed by atoms with Crippen LogP contribution in [0.3, 0.4) is 0 Å². The number of aliphatic hydroxyl groups excluding tert-OH is 2. The molecule has 58 valence electrons. The van der Waals surface area contributed by atoms with Crippen LogP contribution < -0.4 is 0 Å². The number of ether oxygens (including phenoxy) is 2. The number of hydrogen-bond acceptors (Lipinski definition) is 4. The summed E-state index contributed by atoms with van der Waals surface area (Å²) in [5.41, 5.74) is 0. The molecule has 4 atom stereocenters. The van der Waals surface area contributed by atoms with Crippen LogP contribution in [0.4, 0.5) is 0 Å². The third-order valence-electron chi connectivity index (χ3n) is 1.88.